The third-order valence-electron chi connectivity index (χ3n) is 2.06. The van der Waals surface area contributed by atoms with Crippen LogP contribution in [0.25, 0.3) is 0 Å². The van der Waals surface area contributed by atoms with Gasteiger partial charge < -0.3 is 4.74 Å². The van der Waals surface area contributed by atoms with E-state index in [-0.39, 0.29) is 27.9 Å². The Morgan fingerprint density at radius 2 is 2.29 bits per heavy atom. The Hall–Kier alpha value is -1.94. The number of carbonyl (C=O) groups excluding carboxylic acids is 1. The summed E-state index contributed by atoms with van der Waals surface area (Å²) in [5.74, 6) is -0.440. The van der Waals surface area contributed by atoms with Crippen molar-refractivity contribution >= 4 is 27.4 Å². The Bertz CT molecular complexity index is 522. The topological polar surface area (TPSA) is 93.2 Å². The summed E-state index contributed by atoms with van der Waals surface area (Å²) in [6, 6.07) is 4.05. The van der Waals surface area contributed by atoms with Crippen molar-refractivity contribution in [3.05, 3.63) is 33.4 Å². The van der Waals surface area contributed by atoms with Crippen LogP contribution in [0.1, 0.15) is 15.9 Å². The fraction of sp³-hybridized carbons (Fsp3) is 0.200. The lowest BCUT2D eigenvalue weighted by atomic mass is 10.0. The summed E-state index contributed by atoms with van der Waals surface area (Å²) in [6.07, 6.45) is 0. The molecule has 17 heavy (non-hydrogen) atoms. The summed E-state index contributed by atoms with van der Waals surface area (Å²) in [4.78, 5) is 21.6. The van der Waals surface area contributed by atoms with Crippen molar-refractivity contribution in [3.63, 3.8) is 0 Å². The number of benzene rings is 1. The Morgan fingerprint density at radius 3 is 2.71 bits per heavy atom. The van der Waals surface area contributed by atoms with Crippen LogP contribution in [0.15, 0.2) is 12.1 Å². The number of hydrogen-bond donors (Lipinski definition) is 0. The van der Waals surface area contributed by atoms with Gasteiger partial charge in [-0.1, -0.05) is 15.9 Å². The summed E-state index contributed by atoms with van der Waals surface area (Å²) in [5, 5.41) is 19.6. The maximum absolute atomic E-state index is 11.5. The number of nitro groups is 1. The molecular formula is C10H7BrN2O4. The van der Waals surface area contributed by atoms with Crippen molar-refractivity contribution in [1.29, 1.82) is 5.26 Å². The number of alkyl halides is 1. The van der Waals surface area contributed by atoms with E-state index in [1.165, 1.54) is 13.2 Å². The van der Waals surface area contributed by atoms with Gasteiger partial charge >= 0.3 is 5.69 Å². The molecule has 0 unspecified atom stereocenters. The Labute approximate surface area is 105 Å². The van der Waals surface area contributed by atoms with Crippen molar-refractivity contribution in [3.8, 4) is 11.8 Å². The van der Waals surface area contributed by atoms with Gasteiger partial charge in [-0.15, -0.1) is 0 Å². The quantitative estimate of drug-likeness (QED) is 0.367. The zero-order valence-corrected chi connectivity index (χ0v) is 10.4. The Kier molecular flexibility index (Phi) is 4.17. The number of halogens is 1. The molecule has 0 aliphatic heterocycles. The normalized spacial score (nSPS) is 9.47. The zero-order valence-electron chi connectivity index (χ0n) is 8.77. The number of rotatable bonds is 4. The molecule has 0 N–H and O–H groups in total. The number of nitrogens with zero attached hydrogens (tertiary/aromatic N) is 2. The van der Waals surface area contributed by atoms with E-state index >= 15 is 0 Å². The van der Waals surface area contributed by atoms with E-state index in [0.29, 0.717) is 0 Å². The highest BCUT2D eigenvalue weighted by Gasteiger charge is 2.21. The van der Waals surface area contributed by atoms with E-state index in [2.05, 4.69) is 15.9 Å². The lowest BCUT2D eigenvalue weighted by Gasteiger charge is -2.05. The lowest BCUT2D eigenvalue weighted by molar-refractivity contribution is -0.385. The van der Waals surface area contributed by atoms with Crippen LogP contribution in [0.3, 0.4) is 0 Å². The molecule has 88 valence electrons. The molecule has 1 aromatic rings. The largest absolute Gasteiger partial charge is 0.490 e. The molecule has 0 fully saturated rings. The molecule has 0 aliphatic rings. The van der Waals surface area contributed by atoms with Crippen LogP contribution in [-0.4, -0.2) is 23.1 Å². The highest BCUT2D eigenvalue weighted by molar-refractivity contribution is 9.09. The van der Waals surface area contributed by atoms with Crippen LogP contribution >= 0.6 is 15.9 Å². The van der Waals surface area contributed by atoms with Gasteiger partial charge in [0.2, 0.25) is 0 Å². The highest BCUT2D eigenvalue weighted by atomic mass is 79.9. The second-order valence-corrected chi connectivity index (χ2v) is 3.56. The van der Waals surface area contributed by atoms with Crippen LogP contribution < -0.4 is 4.74 Å². The number of ketones is 1. The fourth-order valence-electron chi connectivity index (χ4n) is 1.27. The predicted molar refractivity (Wildman–Crippen MR) is 62.5 cm³/mol. The van der Waals surface area contributed by atoms with Crippen molar-refractivity contribution in [2.75, 3.05) is 12.4 Å². The SMILES string of the molecule is COc1cc(C#N)c(C(=O)CBr)cc1[N+](=O)[O-]. The standard InChI is InChI=1S/C10H7BrN2O4/c1-17-10-2-6(5-12)7(9(14)4-11)3-8(10)13(15)16/h2-3H,4H2,1H3. The van der Waals surface area contributed by atoms with Crippen LogP contribution in [0, 0.1) is 21.4 Å². The summed E-state index contributed by atoms with van der Waals surface area (Å²) in [5.41, 5.74) is -0.274. The van der Waals surface area contributed by atoms with E-state index in [4.69, 9.17) is 10.00 Å². The molecule has 0 radical (unpaired) electrons. The van der Waals surface area contributed by atoms with Crippen LogP contribution in [0.4, 0.5) is 5.69 Å². The molecular weight excluding hydrogens is 292 g/mol. The third-order valence-corrected chi connectivity index (χ3v) is 2.57. The summed E-state index contributed by atoms with van der Waals surface area (Å²) in [7, 11) is 1.26. The van der Waals surface area contributed by atoms with E-state index in [0.717, 1.165) is 6.07 Å². The van der Waals surface area contributed by atoms with Crippen molar-refractivity contribution < 1.29 is 14.5 Å². The van der Waals surface area contributed by atoms with E-state index in [9.17, 15) is 14.9 Å². The van der Waals surface area contributed by atoms with Crippen molar-refractivity contribution in [2.45, 2.75) is 0 Å². The van der Waals surface area contributed by atoms with Crippen LogP contribution in [-0.2, 0) is 0 Å². The van der Waals surface area contributed by atoms with Crippen LogP contribution in [0.2, 0.25) is 0 Å². The molecule has 1 aromatic carbocycles. The molecule has 0 heterocycles. The van der Waals surface area contributed by atoms with E-state index in [1.54, 1.807) is 0 Å². The average Bonchev–Trinajstić information content (AvgIpc) is 2.35. The van der Waals surface area contributed by atoms with Gasteiger partial charge in [0, 0.05) is 17.7 Å². The molecule has 0 saturated carbocycles. The molecule has 0 aliphatic carbocycles. The van der Waals surface area contributed by atoms with E-state index < -0.39 is 10.7 Å². The average molecular weight is 299 g/mol. The fourth-order valence-corrected chi connectivity index (χ4v) is 1.57. The van der Waals surface area contributed by atoms with Gasteiger partial charge in [-0.05, 0) is 0 Å². The number of nitro benzene ring substituents is 1. The Balaban J connectivity index is 3.51. The summed E-state index contributed by atoms with van der Waals surface area (Å²) < 4.78 is 4.80. The molecule has 0 saturated heterocycles. The lowest BCUT2D eigenvalue weighted by Crippen LogP contribution is -2.05. The van der Waals surface area contributed by atoms with Gasteiger partial charge in [0.1, 0.15) is 6.07 Å². The molecule has 7 heteroatoms. The van der Waals surface area contributed by atoms with Crippen molar-refractivity contribution in [2.24, 2.45) is 0 Å². The van der Waals surface area contributed by atoms with Gasteiger partial charge in [0.25, 0.3) is 0 Å². The molecule has 6 nitrogen and oxygen atoms in total. The third kappa shape index (κ3) is 2.60. The van der Waals surface area contributed by atoms with Gasteiger partial charge in [-0.25, -0.2) is 0 Å². The number of carbonyl (C=O) groups is 1. The number of ether oxygens (including phenoxy) is 1. The van der Waals surface area contributed by atoms with E-state index in [1.807, 2.05) is 6.07 Å². The first-order chi connectivity index (χ1) is 8.04. The minimum absolute atomic E-state index is 0.00877. The molecule has 0 atom stereocenters. The first-order valence-corrected chi connectivity index (χ1v) is 5.53. The maximum atomic E-state index is 11.5. The highest BCUT2D eigenvalue weighted by Crippen LogP contribution is 2.30. The van der Waals surface area contributed by atoms with Crippen LogP contribution in [0.5, 0.6) is 5.75 Å². The molecule has 0 bridgehead atoms. The minimum atomic E-state index is -0.662. The number of nitriles is 1. The molecule has 0 amide bonds. The first kappa shape index (κ1) is 13.1. The second kappa shape index (κ2) is 5.41. The van der Waals surface area contributed by atoms with Gasteiger partial charge in [0.15, 0.2) is 11.5 Å². The predicted octanol–water partition coefficient (Wildman–Crippen LogP) is 2.05. The molecule has 0 aromatic heterocycles. The molecule has 1 rings (SSSR count). The Morgan fingerprint density at radius 1 is 1.65 bits per heavy atom. The van der Waals surface area contributed by atoms with Gasteiger partial charge in [-0.2, -0.15) is 5.26 Å². The van der Waals surface area contributed by atoms with Gasteiger partial charge in [-0.3, -0.25) is 14.9 Å². The van der Waals surface area contributed by atoms with Crippen molar-refractivity contribution in [1.82, 2.24) is 0 Å². The number of Topliss-reactive ketones (excluding diaryl/α,β-unsaturated/α-hetero) is 1. The summed E-state index contributed by atoms with van der Waals surface area (Å²) in [6.45, 7) is 0. The number of methoxy groups -OCH3 is 1. The smallest absolute Gasteiger partial charge is 0.311 e. The first-order valence-electron chi connectivity index (χ1n) is 4.40. The zero-order chi connectivity index (χ0) is 13.0. The number of hydrogen-bond acceptors (Lipinski definition) is 5. The molecule has 0 spiro atoms. The monoisotopic (exact) mass is 298 g/mol. The summed E-state index contributed by atoms with van der Waals surface area (Å²) >= 11 is 2.95. The second-order valence-electron chi connectivity index (χ2n) is 3.00. The maximum Gasteiger partial charge on any atom is 0.311 e. The minimum Gasteiger partial charge on any atom is -0.490 e. The van der Waals surface area contributed by atoms with Gasteiger partial charge in [0.05, 0.1) is 22.9 Å².